The number of benzene rings is 2. The Hall–Kier alpha value is -1.74. The van der Waals surface area contributed by atoms with E-state index in [1.165, 1.54) is 21.0 Å². The Morgan fingerprint density at radius 2 is 1.58 bits per heavy atom. The molecule has 2 aromatic rings. The fourth-order valence-electron chi connectivity index (χ4n) is 3.03. The minimum absolute atomic E-state index is 0.128. The van der Waals surface area contributed by atoms with Crippen LogP contribution in [0.1, 0.15) is 36.1 Å². The molecular weight excluding hydrogens is 443 g/mol. The van der Waals surface area contributed by atoms with Gasteiger partial charge in [0.1, 0.15) is 12.5 Å². The van der Waals surface area contributed by atoms with Gasteiger partial charge in [-0.25, -0.2) is 8.42 Å². The largest absolute Gasteiger partial charge is 0.481 e. The Labute approximate surface area is 183 Å². The third-order valence-corrected chi connectivity index (χ3v) is 7.63. The minimum Gasteiger partial charge on any atom is -0.481 e. The van der Waals surface area contributed by atoms with Crippen LogP contribution in [-0.4, -0.2) is 43.4 Å². The van der Waals surface area contributed by atoms with Crippen LogP contribution in [0.4, 0.5) is 0 Å². The van der Waals surface area contributed by atoms with Crippen molar-refractivity contribution in [3.8, 4) is 5.75 Å². The summed E-state index contributed by atoms with van der Waals surface area (Å²) in [7, 11) is -6.55. The van der Waals surface area contributed by atoms with Gasteiger partial charge in [0.05, 0.1) is 4.90 Å². The molecule has 0 unspecified atom stereocenters. The van der Waals surface area contributed by atoms with Crippen LogP contribution in [0, 0.1) is 13.8 Å². The summed E-state index contributed by atoms with van der Waals surface area (Å²) in [5, 5.41) is 0. The number of ether oxygens (including phenoxy) is 3. The monoisotopic (exact) mass is 472 g/mol. The second-order valence-electron chi connectivity index (χ2n) is 7.75. The molecule has 2 N–H and O–H groups in total. The zero-order valence-corrected chi connectivity index (χ0v) is 20.0. The highest BCUT2D eigenvalue weighted by atomic mass is 32.2. The van der Waals surface area contributed by atoms with E-state index in [1.807, 2.05) is 13.8 Å². The lowest BCUT2D eigenvalue weighted by atomic mass is 9.96. The Kier molecular flexibility index (Phi) is 8.08. The lowest BCUT2D eigenvalue weighted by molar-refractivity contribution is -0.0772. The van der Waals surface area contributed by atoms with E-state index in [-0.39, 0.29) is 11.7 Å². The molecule has 31 heavy (non-hydrogen) atoms. The first-order chi connectivity index (χ1) is 14.3. The third-order valence-electron chi connectivity index (χ3n) is 4.86. The molecule has 0 aliphatic rings. The highest BCUT2D eigenvalue weighted by Crippen LogP contribution is 2.35. The topological polar surface area (TPSA) is 119 Å². The van der Waals surface area contributed by atoms with Gasteiger partial charge < -0.3 is 24.0 Å². The van der Waals surface area contributed by atoms with E-state index in [0.717, 1.165) is 22.3 Å². The molecule has 0 bridgehead atoms. The summed E-state index contributed by atoms with van der Waals surface area (Å²) in [6, 6.07) is 10.1. The first-order valence-corrected chi connectivity index (χ1v) is 12.8. The van der Waals surface area contributed by atoms with Crippen LogP contribution in [0.5, 0.6) is 5.75 Å². The summed E-state index contributed by atoms with van der Waals surface area (Å²) in [6.07, 6.45) is -0.105. The van der Waals surface area contributed by atoms with E-state index in [0.29, 0.717) is 12.2 Å². The average Bonchev–Trinajstić information content (AvgIpc) is 2.67. The van der Waals surface area contributed by atoms with E-state index in [2.05, 4.69) is 0 Å². The maximum atomic E-state index is 12.9. The lowest BCUT2D eigenvalue weighted by Crippen LogP contribution is -2.35. The Bertz CT molecular complexity index is 1030. The van der Waals surface area contributed by atoms with Gasteiger partial charge in [0, 0.05) is 7.11 Å². The maximum Gasteiger partial charge on any atom is 0.362 e. The summed E-state index contributed by atoms with van der Waals surface area (Å²) in [5.41, 5.74) is 3.77. The van der Waals surface area contributed by atoms with Crippen LogP contribution in [-0.2, 0) is 30.3 Å². The summed E-state index contributed by atoms with van der Waals surface area (Å²) in [5.74, 6) is 0.391. The van der Waals surface area contributed by atoms with Crippen molar-refractivity contribution in [3.63, 3.8) is 0 Å². The molecule has 0 heterocycles. The van der Waals surface area contributed by atoms with Crippen LogP contribution in [0.25, 0.3) is 0 Å². The Morgan fingerprint density at radius 3 is 2.06 bits per heavy atom. The lowest BCUT2D eigenvalue weighted by Gasteiger charge is -2.25. The smallest absolute Gasteiger partial charge is 0.362 e. The zero-order chi connectivity index (χ0) is 23.4. The summed E-state index contributed by atoms with van der Waals surface area (Å²) in [6.45, 7) is 6.62. The number of aryl methyl sites for hydroxylation is 2. The molecule has 0 amide bonds. The van der Waals surface area contributed by atoms with E-state index < -0.39 is 28.7 Å². The first kappa shape index (κ1) is 25.5. The molecule has 0 aliphatic heterocycles. The molecule has 0 aliphatic carbocycles. The highest BCUT2D eigenvalue weighted by Gasteiger charge is 2.36. The molecule has 8 nitrogen and oxygen atoms in total. The quantitative estimate of drug-likeness (QED) is 0.398. The number of hydrogen-bond donors (Lipinski definition) is 2. The van der Waals surface area contributed by atoms with Gasteiger partial charge in [-0.2, -0.15) is 0 Å². The summed E-state index contributed by atoms with van der Waals surface area (Å²) < 4.78 is 52.1. The van der Waals surface area contributed by atoms with Gasteiger partial charge in [-0.3, -0.25) is 4.57 Å². The van der Waals surface area contributed by atoms with Crippen molar-refractivity contribution in [2.75, 3.05) is 20.3 Å². The predicted molar refractivity (Wildman–Crippen MR) is 117 cm³/mol. The molecule has 0 spiro atoms. The fraction of sp³-hybridized carbons (Fsp3) is 0.429. The van der Waals surface area contributed by atoms with Crippen LogP contribution in [0.3, 0.4) is 0 Å². The van der Waals surface area contributed by atoms with Crippen LogP contribution in [0.15, 0.2) is 41.3 Å². The van der Waals surface area contributed by atoms with Crippen LogP contribution in [0.2, 0.25) is 0 Å². The van der Waals surface area contributed by atoms with Crippen molar-refractivity contribution >= 4 is 17.4 Å². The maximum absolute atomic E-state index is 12.9. The standard InChI is InChI=1S/C21H29O8PS/c1-15-10-18(28-14-30(22,23)24)11-16(2)20(15)12-17-6-8-19(9-7-17)31(25,26)21(3,4)29-13-27-5/h6-11H,12-14H2,1-5H3,(H2,22,23,24). The normalized spacial score (nSPS) is 12.7. The molecule has 172 valence electrons. The number of hydrogen-bond acceptors (Lipinski definition) is 6. The molecule has 0 saturated heterocycles. The third kappa shape index (κ3) is 6.62. The average molecular weight is 472 g/mol. The molecular formula is C21H29O8PS. The second-order valence-corrected chi connectivity index (χ2v) is 11.8. The highest BCUT2D eigenvalue weighted by molar-refractivity contribution is 7.92. The molecule has 0 radical (unpaired) electrons. The molecule has 0 aromatic heterocycles. The number of rotatable bonds is 10. The first-order valence-electron chi connectivity index (χ1n) is 9.51. The van der Waals surface area contributed by atoms with Crippen molar-refractivity contribution in [2.45, 2.75) is 43.9 Å². The Morgan fingerprint density at radius 1 is 1.03 bits per heavy atom. The van der Waals surface area contributed by atoms with Gasteiger partial charge in [-0.05, 0) is 80.6 Å². The van der Waals surface area contributed by atoms with Gasteiger partial charge >= 0.3 is 7.60 Å². The van der Waals surface area contributed by atoms with Gasteiger partial charge in [0.15, 0.2) is 11.3 Å². The minimum atomic E-state index is -4.25. The summed E-state index contributed by atoms with van der Waals surface area (Å²) in [4.78, 5) is 16.7. The van der Waals surface area contributed by atoms with E-state index >= 15 is 0 Å². The molecule has 0 saturated carbocycles. The molecule has 2 aromatic carbocycles. The van der Waals surface area contributed by atoms with E-state index in [9.17, 15) is 13.0 Å². The molecule has 0 fully saturated rings. The van der Waals surface area contributed by atoms with E-state index in [4.69, 9.17) is 24.0 Å². The molecule has 2 rings (SSSR count). The van der Waals surface area contributed by atoms with E-state index in [1.54, 1.807) is 36.4 Å². The second kappa shape index (κ2) is 9.81. The van der Waals surface area contributed by atoms with Crippen molar-refractivity contribution < 1.29 is 37.0 Å². The van der Waals surface area contributed by atoms with Crippen molar-refractivity contribution in [1.82, 2.24) is 0 Å². The number of methoxy groups -OCH3 is 1. The SMILES string of the molecule is COCOC(C)(C)S(=O)(=O)c1ccc(Cc2c(C)cc(OCP(=O)(O)O)cc2C)cc1. The summed E-state index contributed by atoms with van der Waals surface area (Å²) >= 11 is 0. The predicted octanol–water partition coefficient (Wildman–Crippen LogP) is 3.54. The van der Waals surface area contributed by atoms with Crippen LogP contribution < -0.4 is 4.74 Å². The van der Waals surface area contributed by atoms with Gasteiger partial charge in [0.2, 0.25) is 9.84 Å². The van der Waals surface area contributed by atoms with Crippen molar-refractivity contribution in [1.29, 1.82) is 0 Å². The van der Waals surface area contributed by atoms with Crippen molar-refractivity contribution in [3.05, 3.63) is 58.7 Å². The molecule has 0 atom stereocenters. The van der Waals surface area contributed by atoms with Gasteiger partial charge in [-0.15, -0.1) is 0 Å². The van der Waals surface area contributed by atoms with Crippen molar-refractivity contribution in [2.24, 2.45) is 0 Å². The number of sulfone groups is 1. The van der Waals surface area contributed by atoms with Gasteiger partial charge in [-0.1, -0.05) is 12.1 Å². The Balaban J connectivity index is 2.20. The molecule has 10 heteroatoms. The van der Waals surface area contributed by atoms with Gasteiger partial charge in [0.25, 0.3) is 0 Å². The fourth-order valence-corrected chi connectivity index (χ4v) is 4.61. The van der Waals surface area contributed by atoms with Crippen LogP contribution >= 0.6 is 7.60 Å². The zero-order valence-electron chi connectivity index (χ0n) is 18.3.